The second-order valence-electron chi connectivity index (χ2n) is 14.7. The Kier molecular flexibility index (Phi) is 9.68. The number of alkyl halides is 3. The summed E-state index contributed by atoms with van der Waals surface area (Å²) in [7, 11) is 0. The first-order valence-corrected chi connectivity index (χ1v) is 18.5. The van der Waals surface area contributed by atoms with Crippen molar-refractivity contribution in [3.8, 4) is 6.07 Å². The number of pyridine rings is 2. The predicted molar refractivity (Wildman–Crippen MR) is 198 cm³/mol. The molecule has 1 saturated carbocycles. The molecule has 4 amide bonds. The topological polar surface area (TPSA) is 149 Å². The number of hydrogen-bond donors (Lipinski definition) is 2. The summed E-state index contributed by atoms with van der Waals surface area (Å²) >= 11 is 0. The molecule has 3 fully saturated rings. The van der Waals surface area contributed by atoms with Crippen molar-refractivity contribution in [3.05, 3.63) is 89.6 Å². The minimum atomic E-state index is -4.69. The van der Waals surface area contributed by atoms with Crippen molar-refractivity contribution >= 4 is 50.9 Å². The van der Waals surface area contributed by atoms with Gasteiger partial charge in [-0.3, -0.25) is 29.5 Å². The van der Waals surface area contributed by atoms with E-state index in [1.54, 1.807) is 23.2 Å². The summed E-state index contributed by atoms with van der Waals surface area (Å²) in [5, 5.41) is 22.1. The van der Waals surface area contributed by atoms with E-state index in [0.29, 0.717) is 35.0 Å². The third-order valence-corrected chi connectivity index (χ3v) is 11.2. The molecule has 2 saturated heterocycles. The quantitative estimate of drug-likeness (QED) is 0.178. The van der Waals surface area contributed by atoms with Crippen LogP contribution in [0, 0.1) is 17.2 Å². The molecule has 282 valence electrons. The van der Waals surface area contributed by atoms with Gasteiger partial charge in [0, 0.05) is 48.1 Å². The van der Waals surface area contributed by atoms with Crippen molar-refractivity contribution in [2.24, 2.45) is 5.92 Å². The largest absolute Gasteiger partial charge is 0.433 e. The van der Waals surface area contributed by atoms with Crippen LogP contribution in [0.5, 0.6) is 0 Å². The van der Waals surface area contributed by atoms with E-state index >= 15 is 0 Å². The summed E-state index contributed by atoms with van der Waals surface area (Å²) in [6.45, 7) is 3.44. The number of carbonyl (C=O) groups excluding carboxylic acids is 3. The number of benzene rings is 2. The summed E-state index contributed by atoms with van der Waals surface area (Å²) in [5.41, 5.74) is 1.35. The maximum Gasteiger partial charge on any atom is 0.433 e. The van der Waals surface area contributed by atoms with Crippen LogP contribution in [-0.4, -0.2) is 68.7 Å². The van der Waals surface area contributed by atoms with Crippen LogP contribution < -0.4 is 15.5 Å². The fourth-order valence-corrected chi connectivity index (χ4v) is 8.23. The zero-order chi connectivity index (χ0) is 38.3. The number of halogens is 3. The molecule has 12 nitrogen and oxygen atoms in total. The number of rotatable bonds is 7. The Labute approximate surface area is 314 Å². The molecule has 5 heterocycles. The zero-order valence-electron chi connectivity index (χ0n) is 29.9. The highest BCUT2D eigenvalue weighted by molar-refractivity contribution is 6.09. The van der Waals surface area contributed by atoms with E-state index in [0.717, 1.165) is 81.1 Å². The summed E-state index contributed by atoms with van der Waals surface area (Å²) in [6.07, 6.45) is 7.18. The number of likely N-dealkylation sites (tertiary alicyclic amines) is 1. The Morgan fingerprint density at radius 1 is 0.964 bits per heavy atom. The molecule has 55 heavy (non-hydrogen) atoms. The molecule has 0 unspecified atom stereocenters. The fraction of sp³-hybridized carbons (Fsp3) is 0.375. The van der Waals surface area contributed by atoms with Gasteiger partial charge in [0.2, 0.25) is 5.91 Å². The highest BCUT2D eigenvalue weighted by Gasteiger charge is 2.33. The summed E-state index contributed by atoms with van der Waals surface area (Å²) in [6, 6.07) is 14.6. The molecule has 0 bridgehead atoms. The van der Waals surface area contributed by atoms with E-state index in [4.69, 9.17) is 5.10 Å². The molecule has 3 aliphatic rings. The number of nitrogens with zero attached hydrogens (tertiary/aromatic N) is 7. The van der Waals surface area contributed by atoms with E-state index < -0.39 is 29.5 Å². The number of piperidine rings is 1. The predicted octanol–water partition coefficient (Wildman–Crippen LogP) is 7.18. The first-order chi connectivity index (χ1) is 26.5. The Hall–Kier alpha value is -5.88. The van der Waals surface area contributed by atoms with Crippen molar-refractivity contribution in [1.29, 1.82) is 5.26 Å². The first kappa shape index (κ1) is 36.1. The third-order valence-electron chi connectivity index (χ3n) is 11.2. The number of anilines is 2. The number of nitrogens with one attached hydrogen (secondary N) is 2. The maximum absolute atomic E-state index is 13.1. The zero-order valence-corrected chi connectivity index (χ0v) is 29.9. The van der Waals surface area contributed by atoms with E-state index in [1.807, 2.05) is 17.1 Å². The van der Waals surface area contributed by atoms with E-state index in [2.05, 4.69) is 49.8 Å². The lowest BCUT2D eigenvalue weighted by molar-refractivity contribution is -0.141. The fourth-order valence-electron chi connectivity index (χ4n) is 8.23. The Morgan fingerprint density at radius 3 is 2.51 bits per heavy atom. The van der Waals surface area contributed by atoms with E-state index in [1.165, 1.54) is 11.6 Å². The van der Waals surface area contributed by atoms with Gasteiger partial charge in [-0.1, -0.05) is 18.2 Å². The van der Waals surface area contributed by atoms with Crippen LogP contribution in [0.4, 0.5) is 29.3 Å². The molecule has 0 spiro atoms. The molecule has 8 rings (SSSR count). The van der Waals surface area contributed by atoms with Crippen LogP contribution in [-0.2, 0) is 11.0 Å². The van der Waals surface area contributed by atoms with Crippen LogP contribution >= 0.6 is 0 Å². The molecule has 3 aromatic heterocycles. The molecule has 15 heteroatoms. The van der Waals surface area contributed by atoms with Gasteiger partial charge in [-0.15, -0.1) is 0 Å². The highest BCUT2D eigenvalue weighted by atomic mass is 19.4. The Balaban J connectivity index is 0.851. The van der Waals surface area contributed by atoms with Gasteiger partial charge in [-0.05, 0) is 99.3 Å². The molecule has 0 atom stereocenters. The van der Waals surface area contributed by atoms with Gasteiger partial charge in [-0.25, -0.2) is 9.78 Å². The SMILES string of the molecule is N#Cc1cc2nn(C3CCC(CN4CCC(c5ccc6c(N7CCC(=O)NC7=O)cncc6c5)CC4)CC3)cc2cc1NC(=O)c1cccc(C(F)(F)F)n1. The summed E-state index contributed by atoms with van der Waals surface area (Å²) in [4.78, 5) is 49.0. The minimum absolute atomic E-state index is 0.153. The van der Waals surface area contributed by atoms with Crippen molar-refractivity contribution in [3.63, 3.8) is 0 Å². The van der Waals surface area contributed by atoms with Crippen LogP contribution in [0.25, 0.3) is 21.7 Å². The number of fused-ring (bicyclic) bond motifs is 2. The lowest BCUT2D eigenvalue weighted by atomic mass is 9.84. The molecule has 1 aliphatic carbocycles. The molecule has 5 aromatic rings. The highest BCUT2D eigenvalue weighted by Crippen LogP contribution is 2.37. The number of amides is 4. The molecule has 2 aromatic carbocycles. The van der Waals surface area contributed by atoms with Crippen LogP contribution in [0.1, 0.15) is 84.2 Å². The lowest BCUT2D eigenvalue weighted by Gasteiger charge is -2.37. The summed E-state index contributed by atoms with van der Waals surface area (Å²) in [5.74, 6) is -0.0802. The number of nitriles is 1. The Morgan fingerprint density at radius 2 is 1.76 bits per heavy atom. The lowest BCUT2D eigenvalue weighted by Crippen LogP contribution is -2.49. The van der Waals surface area contributed by atoms with Gasteiger partial charge in [0.25, 0.3) is 5.91 Å². The minimum Gasteiger partial charge on any atom is -0.319 e. The molecular formula is C40H38F3N9O3. The van der Waals surface area contributed by atoms with Crippen molar-refractivity contribution in [1.82, 2.24) is 30.0 Å². The van der Waals surface area contributed by atoms with Crippen molar-refractivity contribution < 1.29 is 27.6 Å². The smallest absolute Gasteiger partial charge is 0.319 e. The second-order valence-corrected chi connectivity index (χ2v) is 14.7. The van der Waals surface area contributed by atoms with Gasteiger partial charge < -0.3 is 10.2 Å². The monoisotopic (exact) mass is 749 g/mol. The molecule has 0 radical (unpaired) electrons. The number of carbonyl (C=O) groups is 3. The van der Waals surface area contributed by atoms with Gasteiger partial charge in [0.1, 0.15) is 17.5 Å². The van der Waals surface area contributed by atoms with Crippen molar-refractivity contribution in [2.75, 3.05) is 36.4 Å². The summed E-state index contributed by atoms with van der Waals surface area (Å²) < 4.78 is 41.4. The first-order valence-electron chi connectivity index (χ1n) is 18.5. The van der Waals surface area contributed by atoms with E-state index in [9.17, 15) is 32.8 Å². The maximum atomic E-state index is 13.1. The second kappa shape index (κ2) is 14.7. The van der Waals surface area contributed by atoms with Crippen LogP contribution in [0.3, 0.4) is 0 Å². The molecular weight excluding hydrogens is 711 g/mol. The Bertz CT molecular complexity index is 2340. The number of urea groups is 1. The van der Waals surface area contributed by atoms with Gasteiger partial charge >= 0.3 is 12.2 Å². The van der Waals surface area contributed by atoms with Crippen LogP contribution in [0.15, 0.2) is 67.1 Å². The van der Waals surface area contributed by atoms with Gasteiger partial charge in [0.05, 0.1) is 34.7 Å². The standard InChI is InChI=1S/C40H38F3N9O3/c41-40(42,43)36-3-1-2-32(46-36)38(54)47-33-18-29-23-52(49-34(29)17-27(33)19-44)30-7-4-24(5-8-30)22-50-13-10-25(11-14-50)26-6-9-31-28(16-26)20-45-21-35(31)51-15-12-37(53)48-39(51)55/h1-3,6,9,16-18,20-21,23-25,30H,4-5,7-8,10-15,22H2,(H,47,54)(H,48,53,55). The van der Waals surface area contributed by atoms with E-state index in [-0.39, 0.29) is 29.6 Å². The number of imide groups is 1. The van der Waals surface area contributed by atoms with Crippen molar-refractivity contribution in [2.45, 2.75) is 63.1 Å². The van der Waals surface area contributed by atoms with Crippen LogP contribution in [0.2, 0.25) is 0 Å². The van der Waals surface area contributed by atoms with Gasteiger partial charge in [-0.2, -0.15) is 23.5 Å². The van der Waals surface area contributed by atoms with Gasteiger partial charge in [0.15, 0.2) is 0 Å². The number of aromatic nitrogens is 4. The third kappa shape index (κ3) is 7.59. The molecule has 2 N–H and O–H groups in total. The molecule has 2 aliphatic heterocycles. The number of hydrogen-bond acceptors (Lipinski definition) is 8. The average Bonchev–Trinajstić information content (AvgIpc) is 3.60. The normalized spacial score (nSPS) is 20.1. The average molecular weight is 750 g/mol.